The van der Waals surface area contributed by atoms with Crippen LogP contribution in [0.25, 0.3) is 10.9 Å². The second kappa shape index (κ2) is 5.57. The molecule has 1 aromatic heterocycles. The first-order valence-corrected chi connectivity index (χ1v) is 6.38. The standard InChI is InChI=1S/C15H10N4O3/c20-14-8-7-11(10-4-3-9-16-15(10)14)17-18-12-5-1-2-6-13(12)19(21)22/h1-9,20H. The number of rotatable bonds is 3. The number of nitro groups is 1. The summed E-state index contributed by atoms with van der Waals surface area (Å²) in [6.07, 6.45) is 1.56. The second-order valence-corrected chi connectivity index (χ2v) is 4.45. The molecule has 0 aliphatic rings. The lowest BCUT2D eigenvalue weighted by Gasteiger charge is -2.02. The summed E-state index contributed by atoms with van der Waals surface area (Å²) in [7, 11) is 0. The van der Waals surface area contributed by atoms with Gasteiger partial charge in [-0.25, -0.2) is 0 Å². The summed E-state index contributed by atoms with van der Waals surface area (Å²) in [5.74, 6) is 0.0419. The van der Waals surface area contributed by atoms with E-state index in [-0.39, 0.29) is 17.1 Å². The maximum absolute atomic E-state index is 11.0. The molecule has 3 rings (SSSR count). The molecule has 0 atom stereocenters. The normalized spacial score (nSPS) is 11.1. The van der Waals surface area contributed by atoms with Crippen molar-refractivity contribution < 1.29 is 10.0 Å². The number of nitrogens with zero attached hydrogens (tertiary/aromatic N) is 4. The number of para-hydroxylation sites is 1. The van der Waals surface area contributed by atoms with Gasteiger partial charge in [-0.3, -0.25) is 15.1 Å². The van der Waals surface area contributed by atoms with Crippen LogP contribution in [0.3, 0.4) is 0 Å². The van der Waals surface area contributed by atoms with Gasteiger partial charge in [0.1, 0.15) is 11.3 Å². The molecule has 7 nitrogen and oxygen atoms in total. The molecule has 3 aromatic rings. The molecule has 0 saturated carbocycles. The van der Waals surface area contributed by atoms with Crippen LogP contribution >= 0.6 is 0 Å². The summed E-state index contributed by atoms with van der Waals surface area (Å²) in [6.45, 7) is 0. The lowest BCUT2D eigenvalue weighted by Crippen LogP contribution is -1.87. The average molecular weight is 294 g/mol. The molecule has 0 radical (unpaired) electrons. The molecular weight excluding hydrogens is 284 g/mol. The van der Waals surface area contributed by atoms with Crippen molar-refractivity contribution in [2.45, 2.75) is 0 Å². The van der Waals surface area contributed by atoms with Crippen molar-refractivity contribution in [3.8, 4) is 5.75 Å². The van der Waals surface area contributed by atoms with E-state index in [4.69, 9.17) is 0 Å². The summed E-state index contributed by atoms with van der Waals surface area (Å²) >= 11 is 0. The largest absolute Gasteiger partial charge is 0.506 e. The third-order valence-electron chi connectivity index (χ3n) is 3.07. The van der Waals surface area contributed by atoms with E-state index in [1.54, 1.807) is 36.5 Å². The first kappa shape index (κ1) is 13.6. The minimum Gasteiger partial charge on any atom is -0.506 e. The molecule has 1 heterocycles. The third kappa shape index (κ3) is 2.47. The number of nitro benzene ring substituents is 1. The smallest absolute Gasteiger partial charge is 0.296 e. The molecule has 1 N–H and O–H groups in total. The molecule has 0 spiro atoms. The fourth-order valence-corrected chi connectivity index (χ4v) is 2.04. The Hall–Kier alpha value is -3.35. The molecule has 0 bridgehead atoms. The minimum atomic E-state index is -0.509. The fourth-order valence-electron chi connectivity index (χ4n) is 2.04. The van der Waals surface area contributed by atoms with E-state index in [0.29, 0.717) is 16.6 Å². The van der Waals surface area contributed by atoms with Gasteiger partial charge in [-0.1, -0.05) is 12.1 Å². The van der Waals surface area contributed by atoms with Gasteiger partial charge in [0.05, 0.1) is 10.6 Å². The van der Waals surface area contributed by atoms with Crippen LogP contribution < -0.4 is 0 Å². The van der Waals surface area contributed by atoms with E-state index in [1.165, 1.54) is 18.2 Å². The second-order valence-electron chi connectivity index (χ2n) is 4.45. The van der Waals surface area contributed by atoms with Crippen LogP contribution in [0.2, 0.25) is 0 Å². The van der Waals surface area contributed by atoms with Crippen molar-refractivity contribution in [2.24, 2.45) is 10.2 Å². The first-order valence-electron chi connectivity index (χ1n) is 6.38. The Kier molecular flexibility index (Phi) is 3.45. The quantitative estimate of drug-likeness (QED) is 0.443. The van der Waals surface area contributed by atoms with Crippen molar-refractivity contribution in [1.29, 1.82) is 0 Å². The SMILES string of the molecule is O=[N+]([O-])c1ccccc1N=Nc1ccc(O)c2ncccc12. The summed E-state index contributed by atoms with van der Waals surface area (Å²) in [5.41, 5.74) is 0.922. The molecule has 108 valence electrons. The van der Waals surface area contributed by atoms with Crippen LogP contribution in [0, 0.1) is 10.1 Å². The Bertz CT molecular complexity index is 893. The van der Waals surface area contributed by atoms with Crippen LogP contribution in [0.5, 0.6) is 5.75 Å². The number of aromatic hydroxyl groups is 1. The lowest BCUT2D eigenvalue weighted by molar-refractivity contribution is -0.384. The highest BCUT2D eigenvalue weighted by Gasteiger charge is 2.12. The number of aromatic nitrogens is 1. The molecule has 0 saturated heterocycles. The molecule has 2 aromatic carbocycles. The summed E-state index contributed by atoms with van der Waals surface area (Å²) in [4.78, 5) is 14.5. The molecule has 0 fully saturated rings. The van der Waals surface area contributed by atoms with Gasteiger partial charge in [-0.05, 0) is 30.3 Å². The number of hydrogen-bond donors (Lipinski definition) is 1. The summed E-state index contributed by atoms with van der Waals surface area (Å²) in [6, 6.07) is 12.6. The number of pyridine rings is 1. The monoisotopic (exact) mass is 294 g/mol. The molecule has 7 heteroatoms. The van der Waals surface area contributed by atoms with Crippen LogP contribution in [0.15, 0.2) is 65.0 Å². The van der Waals surface area contributed by atoms with Crippen molar-refractivity contribution >= 4 is 28.0 Å². The van der Waals surface area contributed by atoms with E-state index in [0.717, 1.165) is 0 Å². The van der Waals surface area contributed by atoms with Gasteiger partial charge in [0.15, 0.2) is 5.69 Å². The zero-order chi connectivity index (χ0) is 15.5. The Labute approximate surface area is 124 Å². The zero-order valence-corrected chi connectivity index (χ0v) is 11.2. The maximum Gasteiger partial charge on any atom is 0.296 e. The number of hydrogen-bond acceptors (Lipinski definition) is 6. The Morgan fingerprint density at radius 3 is 2.59 bits per heavy atom. The van der Waals surface area contributed by atoms with Gasteiger partial charge >= 0.3 is 0 Å². The van der Waals surface area contributed by atoms with Crippen LogP contribution in [0.4, 0.5) is 17.1 Å². The first-order chi connectivity index (χ1) is 10.7. The Balaban J connectivity index is 2.08. The molecule has 22 heavy (non-hydrogen) atoms. The Morgan fingerprint density at radius 1 is 1.00 bits per heavy atom. The highest BCUT2D eigenvalue weighted by molar-refractivity contribution is 5.93. The van der Waals surface area contributed by atoms with Crippen molar-refractivity contribution in [3.63, 3.8) is 0 Å². The van der Waals surface area contributed by atoms with Crippen LogP contribution in [-0.2, 0) is 0 Å². The van der Waals surface area contributed by atoms with Crippen molar-refractivity contribution in [3.05, 3.63) is 64.8 Å². The van der Waals surface area contributed by atoms with E-state index in [2.05, 4.69) is 15.2 Å². The van der Waals surface area contributed by atoms with E-state index >= 15 is 0 Å². The molecular formula is C15H10N4O3. The van der Waals surface area contributed by atoms with Gasteiger partial charge in [0, 0.05) is 17.6 Å². The predicted octanol–water partition coefficient (Wildman–Crippen LogP) is 4.26. The predicted molar refractivity (Wildman–Crippen MR) is 80.7 cm³/mol. The maximum atomic E-state index is 11.0. The lowest BCUT2D eigenvalue weighted by atomic mass is 10.2. The molecule has 0 aliphatic carbocycles. The number of phenolic OH excluding ortho intramolecular Hbond substituents is 1. The average Bonchev–Trinajstić information content (AvgIpc) is 2.55. The number of benzene rings is 2. The molecule has 0 unspecified atom stereocenters. The van der Waals surface area contributed by atoms with Gasteiger partial charge < -0.3 is 5.11 Å². The third-order valence-corrected chi connectivity index (χ3v) is 3.07. The van der Waals surface area contributed by atoms with Gasteiger partial charge in [-0.15, -0.1) is 10.2 Å². The number of fused-ring (bicyclic) bond motifs is 1. The van der Waals surface area contributed by atoms with E-state index < -0.39 is 4.92 Å². The highest BCUT2D eigenvalue weighted by Crippen LogP contribution is 2.33. The van der Waals surface area contributed by atoms with Crippen LogP contribution in [-0.4, -0.2) is 15.0 Å². The van der Waals surface area contributed by atoms with Gasteiger partial charge in [0.2, 0.25) is 0 Å². The van der Waals surface area contributed by atoms with E-state index in [9.17, 15) is 15.2 Å². The van der Waals surface area contributed by atoms with Gasteiger partial charge in [0.25, 0.3) is 5.69 Å². The topological polar surface area (TPSA) is 101 Å². The molecule has 0 aliphatic heterocycles. The fraction of sp³-hybridized carbons (Fsp3) is 0. The minimum absolute atomic E-state index is 0.0419. The Morgan fingerprint density at radius 2 is 1.77 bits per heavy atom. The van der Waals surface area contributed by atoms with Gasteiger partial charge in [-0.2, -0.15) is 0 Å². The van der Waals surface area contributed by atoms with Crippen LogP contribution in [0.1, 0.15) is 0 Å². The summed E-state index contributed by atoms with van der Waals surface area (Å²) in [5, 5.41) is 29.3. The zero-order valence-electron chi connectivity index (χ0n) is 11.2. The van der Waals surface area contributed by atoms with Crippen molar-refractivity contribution in [2.75, 3.05) is 0 Å². The van der Waals surface area contributed by atoms with Crippen molar-refractivity contribution in [1.82, 2.24) is 4.98 Å². The molecule has 0 amide bonds. The number of azo groups is 1. The highest BCUT2D eigenvalue weighted by atomic mass is 16.6. The van der Waals surface area contributed by atoms with E-state index in [1.807, 2.05) is 0 Å². The summed E-state index contributed by atoms with van der Waals surface area (Å²) < 4.78 is 0. The number of phenols is 1.